The molecular weight excluding hydrogens is 346 g/mol. The van der Waals surface area contributed by atoms with Gasteiger partial charge in [-0.25, -0.2) is 0 Å². The lowest BCUT2D eigenvalue weighted by Gasteiger charge is -2.24. The van der Waals surface area contributed by atoms with Crippen molar-refractivity contribution < 1.29 is 4.79 Å². The zero-order valence-corrected chi connectivity index (χ0v) is 17.2. The first-order valence-electron chi connectivity index (χ1n) is 10.4. The average molecular weight is 380 g/mol. The molecule has 0 saturated carbocycles. The first-order valence-corrected chi connectivity index (χ1v) is 10.4. The van der Waals surface area contributed by atoms with Gasteiger partial charge >= 0.3 is 0 Å². The zero-order chi connectivity index (χ0) is 19.8. The van der Waals surface area contributed by atoms with E-state index < -0.39 is 0 Å². The Hall–Kier alpha value is -2.17. The van der Waals surface area contributed by atoms with Crippen molar-refractivity contribution >= 4 is 5.91 Å². The molecule has 2 aromatic rings. The number of rotatable bonds is 9. The quantitative estimate of drug-likeness (QED) is 0.725. The second-order valence-corrected chi connectivity index (χ2v) is 7.91. The molecule has 0 bridgehead atoms. The minimum atomic E-state index is 0.115. The van der Waals surface area contributed by atoms with Crippen LogP contribution in [0.5, 0.6) is 0 Å². The third-order valence-corrected chi connectivity index (χ3v) is 5.69. The van der Waals surface area contributed by atoms with Crippen molar-refractivity contribution in [1.29, 1.82) is 0 Å². The summed E-state index contributed by atoms with van der Waals surface area (Å²) in [5, 5.41) is 3.08. The fourth-order valence-electron chi connectivity index (χ4n) is 3.98. The normalized spacial score (nSPS) is 17.2. The maximum atomic E-state index is 12.4. The molecule has 1 aliphatic heterocycles. The van der Waals surface area contributed by atoms with Crippen LogP contribution in [0.4, 0.5) is 0 Å². The van der Waals surface area contributed by atoms with Crippen molar-refractivity contribution in [2.45, 2.75) is 33.4 Å². The van der Waals surface area contributed by atoms with E-state index in [1.807, 2.05) is 12.1 Å². The molecule has 1 aliphatic rings. The molecule has 1 amide bonds. The van der Waals surface area contributed by atoms with Gasteiger partial charge in [-0.1, -0.05) is 61.5 Å². The van der Waals surface area contributed by atoms with Crippen LogP contribution in [-0.4, -0.2) is 48.4 Å². The van der Waals surface area contributed by atoms with Gasteiger partial charge in [-0.05, 0) is 49.0 Å². The maximum absolute atomic E-state index is 12.4. The summed E-state index contributed by atoms with van der Waals surface area (Å²) in [4.78, 5) is 17.2. The number of hydrogen-bond donors (Lipinski definition) is 1. The van der Waals surface area contributed by atoms with Crippen molar-refractivity contribution in [2.75, 3.05) is 32.7 Å². The van der Waals surface area contributed by atoms with Crippen LogP contribution >= 0.6 is 0 Å². The van der Waals surface area contributed by atoms with Crippen LogP contribution in [0.25, 0.3) is 0 Å². The molecule has 1 N–H and O–H groups in total. The molecule has 0 aromatic heterocycles. The highest BCUT2D eigenvalue weighted by molar-refractivity contribution is 5.78. The summed E-state index contributed by atoms with van der Waals surface area (Å²) in [5.41, 5.74) is 3.79. The smallest absolute Gasteiger partial charge is 0.234 e. The number of nitrogens with one attached hydrogen (secondary N) is 1. The fraction of sp³-hybridized carbons (Fsp3) is 0.458. The molecule has 4 nitrogen and oxygen atoms in total. The standard InChI is InChI=1S/C24H33N3O/c1-3-26(19-24(28)25-15-23-12-8-7-9-20(23)2)17-22-13-14-27(18-22)16-21-10-5-4-6-11-21/h4-12,22H,3,13-19H2,1-2H3,(H,25,28). The van der Waals surface area contributed by atoms with Gasteiger partial charge in [0.1, 0.15) is 0 Å². The van der Waals surface area contributed by atoms with Crippen LogP contribution in [0.2, 0.25) is 0 Å². The molecule has 1 unspecified atom stereocenters. The fourth-order valence-corrected chi connectivity index (χ4v) is 3.98. The topological polar surface area (TPSA) is 35.6 Å². The first-order chi connectivity index (χ1) is 13.6. The molecule has 28 heavy (non-hydrogen) atoms. The molecule has 0 spiro atoms. The molecule has 3 rings (SSSR count). The van der Waals surface area contributed by atoms with E-state index in [1.54, 1.807) is 0 Å². The number of amides is 1. The lowest BCUT2D eigenvalue weighted by atomic mass is 10.1. The predicted molar refractivity (Wildman–Crippen MR) is 115 cm³/mol. The summed E-state index contributed by atoms with van der Waals surface area (Å²) in [6.07, 6.45) is 1.22. The second-order valence-electron chi connectivity index (χ2n) is 7.91. The molecule has 2 aromatic carbocycles. The number of carbonyl (C=O) groups is 1. The van der Waals surface area contributed by atoms with Crippen molar-refractivity contribution in [3.63, 3.8) is 0 Å². The summed E-state index contributed by atoms with van der Waals surface area (Å²) in [5.74, 6) is 0.761. The van der Waals surface area contributed by atoms with Gasteiger partial charge in [0.2, 0.25) is 5.91 Å². The van der Waals surface area contributed by atoms with Crippen LogP contribution in [0.1, 0.15) is 30.0 Å². The minimum absolute atomic E-state index is 0.115. The number of aryl methyl sites for hydroxylation is 1. The highest BCUT2D eigenvalue weighted by Crippen LogP contribution is 2.19. The van der Waals surface area contributed by atoms with E-state index in [9.17, 15) is 4.79 Å². The van der Waals surface area contributed by atoms with E-state index in [0.717, 1.165) is 32.7 Å². The minimum Gasteiger partial charge on any atom is -0.351 e. The average Bonchev–Trinajstić information content (AvgIpc) is 3.14. The zero-order valence-electron chi connectivity index (χ0n) is 17.2. The Kier molecular flexibility index (Phi) is 7.63. The van der Waals surface area contributed by atoms with E-state index >= 15 is 0 Å². The van der Waals surface area contributed by atoms with Gasteiger partial charge in [0.15, 0.2) is 0 Å². The van der Waals surface area contributed by atoms with E-state index in [4.69, 9.17) is 0 Å². The Morgan fingerprint density at radius 3 is 2.64 bits per heavy atom. The van der Waals surface area contributed by atoms with Gasteiger partial charge in [0.25, 0.3) is 0 Å². The molecule has 0 aliphatic carbocycles. The highest BCUT2D eigenvalue weighted by atomic mass is 16.2. The molecule has 0 radical (unpaired) electrons. The third kappa shape index (κ3) is 6.18. The second kappa shape index (κ2) is 10.4. The lowest BCUT2D eigenvalue weighted by Crippen LogP contribution is -2.39. The number of likely N-dealkylation sites (N-methyl/N-ethyl adjacent to an activating group) is 1. The maximum Gasteiger partial charge on any atom is 0.234 e. The lowest BCUT2D eigenvalue weighted by molar-refractivity contribution is -0.122. The first kappa shape index (κ1) is 20.6. The van der Waals surface area contributed by atoms with Crippen LogP contribution in [-0.2, 0) is 17.9 Å². The van der Waals surface area contributed by atoms with Crippen molar-refractivity contribution in [1.82, 2.24) is 15.1 Å². The molecule has 1 saturated heterocycles. The molecule has 1 fully saturated rings. The summed E-state index contributed by atoms with van der Waals surface area (Å²) in [6.45, 7) is 10.5. The van der Waals surface area contributed by atoms with Crippen molar-refractivity contribution in [3.05, 3.63) is 71.3 Å². The molecular formula is C24H33N3O. The molecule has 1 heterocycles. The van der Waals surface area contributed by atoms with Gasteiger partial charge in [0, 0.05) is 26.2 Å². The van der Waals surface area contributed by atoms with E-state index in [2.05, 4.69) is 71.4 Å². The number of hydrogen-bond acceptors (Lipinski definition) is 3. The number of carbonyl (C=O) groups excluding carboxylic acids is 1. The summed E-state index contributed by atoms with van der Waals surface area (Å²) in [6, 6.07) is 18.9. The van der Waals surface area contributed by atoms with Crippen LogP contribution < -0.4 is 5.32 Å². The van der Waals surface area contributed by atoms with Gasteiger partial charge in [0.05, 0.1) is 6.54 Å². The van der Waals surface area contributed by atoms with Crippen LogP contribution in [0, 0.1) is 12.8 Å². The highest BCUT2D eigenvalue weighted by Gasteiger charge is 2.24. The van der Waals surface area contributed by atoms with E-state index in [1.165, 1.54) is 23.1 Å². The van der Waals surface area contributed by atoms with Gasteiger partial charge in [-0.15, -0.1) is 0 Å². The van der Waals surface area contributed by atoms with Gasteiger partial charge in [-0.2, -0.15) is 0 Å². The Morgan fingerprint density at radius 1 is 1.14 bits per heavy atom. The number of nitrogens with zero attached hydrogens (tertiary/aromatic N) is 2. The monoisotopic (exact) mass is 379 g/mol. The molecule has 1 atom stereocenters. The molecule has 4 heteroatoms. The van der Waals surface area contributed by atoms with Crippen molar-refractivity contribution in [2.24, 2.45) is 5.92 Å². The van der Waals surface area contributed by atoms with E-state index in [-0.39, 0.29) is 5.91 Å². The van der Waals surface area contributed by atoms with Crippen molar-refractivity contribution in [3.8, 4) is 0 Å². The van der Waals surface area contributed by atoms with Crippen LogP contribution in [0.15, 0.2) is 54.6 Å². The largest absolute Gasteiger partial charge is 0.351 e. The third-order valence-electron chi connectivity index (χ3n) is 5.69. The molecule has 150 valence electrons. The Balaban J connectivity index is 1.41. The van der Waals surface area contributed by atoms with Crippen LogP contribution in [0.3, 0.4) is 0 Å². The summed E-state index contributed by atoms with van der Waals surface area (Å²) < 4.78 is 0. The summed E-state index contributed by atoms with van der Waals surface area (Å²) in [7, 11) is 0. The predicted octanol–water partition coefficient (Wildman–Crippen LogP) is 3.46. The Morgan fingerprint density at radius 2 is 1.89 bits per heavy atom. The van der Waals surface area contributed by atoms with Gasteiger partial charge in [-0.3, -0.25) is 14.6 Å². The number of likely N-dealkylation sites (tertiary alicyclic amines) is 1. The Labute approximate surface area is 169 Å². The number of benzene rings is 2. The summed E-state index contributed by atoms with van der Waals surface area (Å²) >= 11 is 0. The van der Waals surface area contributed by atoms with Gasteiger partial charge < -0.3 is 5.32 Å². The SMILES string of the molecule is CCN(CC(=O)NCc1ccccc1C)CC1CCN(Cc2ccccc2)C1. The Bertz CT molecular complexity index is 747. The van der Waals surface area contributed by atoms with E-state index in [0.29, 0.717) is 19.0 Å².